The number of anilines is 1. The van der Waals surface area contributed by atoms with Gasteiger partial charge in [-0.1, -0.05) is 0 Å². The smallest absolute Gasteiger partial charge is 0.240 e. The van der Waals surface area contributed by atoms with Crippen LogP contribution in [0.4, 0.5) is 10.1 Å². The topological polar surface area (TPSA) is 72.2 Å². The molecule has 3 N–H and O–H groups in total. The highest BCUT2D eigenvalue weighted by Gasteiger charge is 2.20. The minimum Gasteiger partial charge on any atom is -0.396 e. The van der Waals surface area contributed by atoms with Crippen LogP contribution in [-0.4, -0.2) is 26.0 Å². The molecule has 0 aromatic heterocycles. The number of nitrogens with two attached hydrogens (primary N) is 1. The highest BCUT2D eigenvalue weighted by Crippen LogP contribution is 2.25. The van der Waals surface area contributed by atoms with E-state index in [1.807, 2.05) is 0 Å². The van der Waals surface area contributed by atoms with Crippen molar-refractivity contribution < 1.29 is 12.8 Å². The van der Waals surface area contributed by atoms with Gasteiger partial charge in [0.2, 0.25) is 10.0 Å². The summed E-state index contributed by atoms with van der Waals surface area (Å²) in [5.74, 6) is 0.358. The third kappa shape index (κ3) is 3.15. The Morgan fingerprint density at radius 3 is 2.89 bits per heavy atom. The number of nitrogens with one attached hydrogen (secondary N) is 1. The van der Waals surface area contributed by atoms with Crippen molar-refractivity contribution >= 4 is 27.5 Å². The Balaban J connectivity index is 2.07. The molecule has 0 aliphatic carbocycles. The molecule has 2 rings (SSSR count). The number of halogens is 1. The first kappa shape index (κ1) is 13.6. The predicted octanol–water partition coefficient (Wildman–Crippen LogP) is 1.58. The molecule has 0 saturated carbocycles. The largest absolute Gasteiger partial charge is 0.396 e. The zero-order valence-corrected chi connectivity index (χ0v) is 11.4. The van der Waals surface area contributed by atoms with Gasteiger partial charge in [0.05, 0.1) is 10.6 Å². The van der Waals surface area contributed by atoms with Gasteiger partial charge in [-0.25, -0.2) is 17.5 Å². The van der Waals surface area contributed by atoms with Crippen molar-refractivity contribution in [3.63, 3.8) is 0 Å². The molecule has 1 aromatic carbocycles. The van der Waals surface area contributed by atoms with E-state index in [1.165, 1.54) is 12.1 Å². The molecule has 1 fully saturated rings. The lowest BCUT2D eigenvalue weighted by Gasteiger charge is -2.11. The average molecular weight is 290 g/mol. The van der Waals surface area contributed by atoms with Crippen LogP contribution >= 0.6 is 11.8 Å². The first-order valence-electron chi connectivity index (χ1n) is 5.65. The second-order valence-corrected chi connectivity index (χ2v) is 7.35. The van der Waals surface area contributed by atoms with Gasteiger partial charge in [-0.15, -0.1) is 0 Å². The van der Waals surface area contributed by atoms with Crippen LogP contribution in [0, 0.1) is 5.82 Å². The van der Waals surface area contributed by atoms with Gasteiger partial charge in [-0.2, -0.15) is 11.8 Å². The molecule has 0 radical (unpaired) electrons. The van der Waals surface area contributed by atoms with Gasteiger partial charge in [0.1, 0.15) is 5.82 Å². The third-order valence-corrected chi connectivity index (χ3v) is 5.63. The molecule has 100 valence electrons. The zero-order chi connectivity index (χ0) is 13.2. The van der Waals surface area contributed by atoms with Crippen molar-refractivity contribution in [3.05, 3.63) is 24.0 Å². The van der Waals surface area contributed by atoms with Crippen molar-refractivity contribution in [1.82, 2.24) is 4.72 Å². The summed E-state index contributed by atoms with van der Waals surface area (Å²) in [6, 6.07) is 3.51. The fraction of sp³-hybridized carbons (Fsp3) is 0.455. The maximum absolute atomic E-state index is 13.2. The number of rotatable bonds is 4. The molecule has 1 unspecified atom stereocenters. The zero-order valence-electron chi connectivity index (χ0n) is 9.73. The molecule has 1 heterocycles. The fourth-order valence-corrected chi connectivity index (χ4v) is 4.17. The van der Waals surface area contributed by atoms with E-state index in [0.717, 1.165) is 24.7 Å². The highest BCUT2D eigenvalue weighted by molar-refractivity contribution is 8.00. The summed E-state index contributed by atoms with van der Waals surface area (Å²) >= 11 is 1.76. The van der Waals surface area contributed by atoms with Crippen LogP contribution in [0.2, 0.25) is 0 Å². The normalized spacial score (nSPS) is 20.2. The van der Waals surface area contributed by atoms with E-state index in [-0.39, 0.29) is 10.6 Å². The standard InChI is InChI=1S/C11H15FN2O2S2/c12-10-6-9(3-4-11(10)13)18(15,16)14-7-8-2-1-5-17-8/h3-4,6,8,14H,1-2,5,7,13H2. The Hall–Kier alpha value is -0.790. The second kappa shape index (κ2) is 5.46. The predicted molar refractivity (Wildman–Crippen MR) is 71.5 cm³/mol. The molecule has 1 aromatic rings. The van der Waals surface area contributed by atoms with Gasteiger partial charge in [-0.05, 0) is 36.8 Å². The molecule has 0 spiro atoms. The molecule has 0 amide bonds. The van der Waals surface area contributed by atoms with Crippen molar-refractivity contribution in [1.29, 1.82) is 0 Å². The average Bonchev–Trinajstić information content (AvgIpc) is 2.83. The van der Waals surface area contributed by atoms with Crippen LogP contribution in [0.1, 0.15) is 12.8 Å². The number of hydrogen-bond acceptors (Lipinski definition) is 4. The van der Waals surface area contributed by atoms with Crippen LogP contribution in [-0.2, 0) is 10.0 Å². The SMILES string of the molecule is Nc1ccc(S(=O)(=O)NCC2CCCS2)cc1F. The molecule has 1 aliphatic heterocycles. The number of thioether (sulfide) groups is 1. The summed E-state index contributed by atoms with van der Waals surface area (Å²) in [7, 11) is -3.65. The summed E-state index contributed by atoms with van der Waals surface area (Å²) in [4.78, 5) is -0.0859. The maximum atomic E-state index is 13.2. The summed E-state index contributed by atoms with van der Waals surface area (Å²) in [6.45, 7) is 0.388. The molecule has 0 bridgehead atoms. The molecule has 1 aliphatic rings. The summed E-state index contributed by atoms with van der Waals surface area (Å²) < 4.78 is 39.6. The van der Waals surface area contributed by atoms with E-state index in [1.54, 1.807) is 11.8 Å². The molecule has 1 saturated heterocycles. The molecule has 1 atom stereocenters. The minimum atomic E-state index is -3.65. The van der Waals surface area contributed by atoms with Gasteiger partial charge in [0.15, 0.2) is 0 Å². The van der Waals surface area contributed by atoms with E-state index >= 15 is 0 Å². The van der Waals surface area contributed by atoms with E-state index in [2.05, 4.69) is 4.72 Å². The van der Waals surface area contributed by atoms with Gasteiger partial charge < -0.3 is 5.73 Å². The Kier molecular flexibility index (Phi) is 4.14. The molecular weight excluding hydrogens is 275 g/mol. The number of sulfonamides is 1. The summed E-state index contributed by atoms with van der Waals surface area (Å²) in [6.07, 6.45) is 2.14. The van der Waals surface area contributed by atoms with E-state index in [9.17, 15) is 12.8 Å². The van der Waals surface area contributed by atoms with Crippen molar-refractivity contribution in [2.45, 2.75) is 23.0 Å². The van der Waals surface area contributed by atoms with Crippen LogP contribution in [0.15, 0.2) is 23.1 Å². The quantitative estimate of drug-likeness (QED) is 0.826. The summed E-state index contributed by atoms with van der Waals surface area (Å²) in [5, 5.41) is 0.318. The Labute approximate surface area is 110 Å². The van der Waals surface area contributed by atoms with Crippen LogP contribution < -0.4 is 10.5 Å². The fourth-order valence-electron chi connectivity index (χ4n) is 1.77. The van der Waals surface area contributed by atoms with E-state index in [4.69, 9.17) is 5.73 Å². The first-order chi connectivity index (χ1) is 8.49. The van der Waals surface area contributed by atoms with Crippen molar-refractivity contribution in [2.75, 3.05) is 18.0 Å². The van der Waals surface area contributed by atoms with Crippen LogP contribution in [0.3, 0.4) is 0 Å². The minimum absolute atomic E-state index is 0.0553. The third-order valence-electron chi connectivity index (χ3n) is 2.81. The number of nitrogen functional groups attached to an aromatic ring is 1. The molecular formula is C11H15FN2O2S2. The Bertz CT molecular complexity index is 528. The molecule has 4 nitrogen and oxygen atoms in total. The summed E-state index contributed by atoms with van der Waals surface area (Å²) in [5.41, 5.74) is 5.26. The molecule has 18 heavy (non-hydrogen) atoms. The molecule has 7 heteroatoms. The van der Waals surface area contributed by atoms with E-state index < -0.39 is 15.8 Å². The first-order valence-corrected chi connectivity index (χ1v) is 8.18. The lowest BCUT2D eigenvalue weighted by Crippen LogP contribution is -2.29. The Morgan fingerprint density at radius 1 is 1.50 bits per heavy atom. The van der Waals surface area contributed by atoms with Gasteiger partial charge in [0, 0.05) is 11.8 Å². The maximum Gasteiger partial charge on any atom is 0.240 e. The van der Waals surface area contributed by atoms with Crippen molar-refractivity contribution in [2.24, 2.45) is 0 Å². The highest BCUT2D eigenvalue weighted by atomic mass is 32.2. The van der Waals surface area contributed by atoms with Crippen LogP contribution in [0.25, 0.3) is 0 Å². The van der Waals surface area contributed by atoms with Gasteiger partial charge in [0.25, 0.3) is 0 Å². The Morgan fingerprint density at radius 2 is 2.28 bits per heavy atom. The monoisotopic (exact) mass is 290 g/mol. The van der Waals surface area contributed by atoms with Crippen molar-refractivity contribution in [3.8, 4) is 0 Å². The van der Waals surface area contributed by atoms with Crippen LogP contribution in [0.5, 0.6) is 0 Å². The van der Waals surface area contributed by atoms with Gasteiger partial charge in [-0.3, -0.25) is 0 Å². The lowest BCUT2D eigenvalue weighted by atomic mass is 10.2. The van der Waals surface area contributed by atoms with E-state index in [0.29, 0.717) is 11.8 Å². The number of benzene rings is 1. The second-order valence-electron chi connectivity index (χ2n) is 4.17. The lowest BCUT2D eigenvalue weighted by molar-refractivity contribution is 0.576. The van der Waals surface area contributed by atoms with Gasteiger partial charge >= 0.3 is 0 Å². The number of hydrogen-bond donors (Lipinski definition) is 2.